The van der Waals surface area contributed by atoms with E-state index in [-0.39, 0.29) is 5.91 Å². The molecule has 0 unspecified atom stereocenters. The Labute approximate surface area is 160 Å². The van der Waals surface area contributed by atoms with E-state index in [9.17, 15) is 4.79 Å². The number of aryl methyl sites for hydroxylation is 3. The van der Waals surface area contributed by atoms with Crippen molar-refractivity contribution in [1.82, 2.24) is 14.9 Å². The van der Waals surface area contributed by atoms with Crippen molar-refractivity contribution in [3.8, 4) is 5.75 Å². The predicted molar refractivity (Wildman–Crippen MR) is 107 cm³/mol. The number of fused-ring (bicyclic) bond motifs is 1. The van der Waals surface area contributed by atoms with Gasteiger partial charge in [0.1, 0.15) is 5.75 Å². The van der Waals surface area contributed by atoms with Crippen molar-refractivity contribution < 1.29 is 9.53 Å². The summed E-state index contributed by atoms with van der Waals surface area (Å²) in [4.78, 5) is 23.8. The molecule has 0 N–H and O–H groups in total. The van der Waals surface area contributed by atoms with Gasteiger partial charge in [-0.25, -0.2) is 0 Å². The van der Waals surface area contributed by atoms with Gasteiger partial charge >= 0.3 is 0 Å². The number of carbonyl (C=O) groups excluding carboxylic acids is 1. The van der Waals surface area contributed by atoms with E-state index in [0.717, 1.165) is 44.7 Å². The Morgan fingerprint density at radius 1 is 1.15 bits per heavy atom. The topological polar surface area (TPSA) is 55.3 Å². The average molecular weight is 363 g/mol. The molecule has 0 bridgehead atoms. The molecule has 5 heteroatoms. The maximum absolute atomic E-state index is 13.0. The standard InChI is InChI=1S/C22H25N3O2/c1-13-7-8-17-10-18(16(4)24-19(17)9-13)22(26)25(5)12-20-15(3)21(27-6)14(2)11-23-20/h7-11H,12H2,1-6H3. The van der Waals surface area contributed by atoms with E-state index in [1.807, 2.05) is 52.0 Å². The van der Waals surface area contributed by atoms with Gasteiger partial charge in [0.2, 0.25) is 0 Å². The zero-order chi connectivity index (χ0) is 19.7. The Kier molecular flexibility index (Phi) is 5.13. The fourth-order valence-electron chi connectivity index (χ4n) is 3.32. The van der Waals surface area contributed by atoms with Crippen LogP contribution in [0.4, 0.5) is 0 Å². The van der Waals surface area contributed by atoms with Gasteiger partial charge in [0.25, 0.3) is 5.91 Å². The summed E-state index contributed by atoms with van der Waals surface area (Å²) in [5.74, 6) is 0.753. The van der Waals surface area contributed by atoms with E-state index < -0.39 is 0 Å². The number of methoxy groups -OCH3 is 1. The van der Waals surface area contributed by atoms with Gasteiger partial charge < -0.3 is 9.64 Å². The second-order valence-electron chi connectivity index (χ2n) is 7.02. The molecule has 140 valence electrons. The molecular formula is C22H25N3O2. The van der Waals surface area contributed by atoms with Crippen LogP contribution in [0.5, 0.6) is 5.75 Å². The number of aromatic nitrogens is 2. The van der Waals surface area contributed by atoms with Crippen molar-refractivity contribution in [2.24, 2.45) is 0 Å². The Hall–Kier alpha value is -2.95. The summed E-state index contributed by atoms with van der Waals surface area (Å²) in [5, 5.41) is 0.967. The minimum absolute atomic E-state index is 0.0665. The van der Waals surface area contributed by atoms with Crippen LogP contribution in [0.2, 0.25) is 0 Å². The Morgan fingerprint density at radius 2 is 1.89 bits per heavy atom. The summed E-state index contributed by atoms with van der Waals surface area (Å²) in [6.07, 6.45) is 1.78. The fourth-order valence-corrected chi connectivity index (χ4v) is 3.32. The first-order chi connectivity index (χ1) is 12.8. The maximum Gasteiger partial charge on any atom is 0.255 e. The summed E-state index contributed by atoms with van der Waals surface area (Å²) < 4.78 is 5.47. The van der Waals surface area contributed by atoms with E-state index in [0.29, 0.717) is 12.1 Å². The molecule has 0 saturated carbocycles. The summed E-state index contributed by atoms with van der Waals surface area (Å²) in [6.45, 7) is 8.25. The molecule has 2 aromatic heterocycles. The molecule has 0 radical (unpaired) electrons. The molecule has 5 nitrogen and oxygen atoms in total. The van der Waals surface area contributed by atoms with Crippen molar-refractivity contribution in [2.75, 3.05) is 14.2 Å². The highest BCUT2D eigenvalue weighted by Gasteiger charge is 2.19. The van der Waals surface area contributed by atoms with Crippen molar-refractivity contribution in [3.63, 3.8) is 0 Å². The highest BCUT2D eigenvalue weighted by molar-refractivity contribution is 5.98. The first-order valence-corrected chi connectivity index (χ1v) is 8.94. The first kappa shape index (κ1) is 18.8. The number of hydrogen-bond acceptors (Lipinski definition) is 4. The molecule has 0 aliphatic heterocycles. The van der Waals surface area contributed by atoms with Gasteiger partial charge in [-0.15, -0.1) is 0 Å². The quantitative estimate of drug-likeness (QED) is 0.699. The van der Waals surface area contributed by atoms with Crippen LogP contribution in [0.3, 0.4) is 0 Å². The zero-order valence-electron chi connectivity index (χ0n) is 16.8. The van der Waals surface area contributed by atoms with Crippen molar-refractivity contribution >= 4 is 16.8 Å². The predicted octanol–water partition coefficient (Wildman–Crippen LogP) is 4.14. The molecular weight excluding hydrogens is 338 g/mol. The average Bonchev–Trinajstić information content (AvgIpc) is 2.63. The molecule has 0 atom stereocenters. The molecule has 3 aromatic rings. The monoisotopic (exact) mass is 363 g/mol. The normalized spacial score (nSPS) is 10.9. The van der Waals surface area contributed by atoms with Crippen LogP contribution in [-0.4, -0.2) is 34.9 Å². The molecule has 0 aliphatic carbocycles. The minimum atomic E-state index is -0.0665. The molecule has 0 aliphatic rings. The lowest BCUT2D eigenvalue weighted by atomic mass is 10.1. The summed E-state index contributed by atoms with van der Waals surface area (Å²) in [6, 6.07) is 7.99. The van der Waals surface area contributed by atoms with E-state index in [1.54, 1.807) is 25.3 Å². The smallest absolute Gasteiger partial charge is 0.255 e. The van der Waals surface area contributed by atoms with Crippen LogP contribution in [0.25, 0.3) is 10.9 Å². The number of nitrogens with zero attached hydrogens (tertiary/aromatic N) is 3. The summed E-state index contributed by atoms with van der Waals surface area (Å²) in [7, 11) is 3.44. The van der Waals surface area contributed by atoms with Gasteiger partial charge in [-0.05, 0) is 45.4 Å². The third kappa shape index (κ3) is 3.63. The van der Waals surface area contributed by atoms with Crippen LogP contribution in [0, 0.1) is 27.7 Å². The number of pyridine rings is 2. The maximum atomic E-state index is 13.0. The van der Waals surface area contributed by atoms with Crippen molar-refractivity contribution in [1.29, 1.82) is 0 Å². The van der Waals surface area contributed by atoms with E-state index in [1.165, 1.54) is 0 Å². The first-order valence-electron chi connectivity index (χ1n) is 8.94. The number of amides is 1. The van der Waals surface area contributed by atoms with Gasteiger partial charge in [0, 0.05) is 29.8 Å². The molecule has 27 heavy (non-hydrogen) atoms. The molecule has 1 aromatic carbocycles. The largest absolute Gasteiger partial charge is 0.496 e. The summed E-state index contributed by atoms with van der Waals surface area (Å²) >= 11 is 0. The van der Waals surface area contributed by atoms with Crippen LogP contribution >= 0.6 is 0 Å². The number of rotatable bonds is 4. The highest BCUT2D eigenvalue weighted by atomic mass is 16.5. The zero-order valence-corrected chi connectivity index (χ0v) is 16.8. The second-order valence-corrected chi connectivity index (χ2v) is 7.02. The Balaban J connectivity index is 1.91. The van der Waals surface area contributed by atoms with Gasteiger partial charge in [-0.2, -0.15) is 0 Å². The van der Waals surface area contributed by atoms with Gasteiger partial charge in [-0.1, -0.05) is 12.1 Å². The van der Waals surface area contributed by atoms with Crippen molar-refractivity contribution in [3.05, 3.63) is 64.1 Å². The third-order valence-electron chi connectivity index (χ3n) is 4.88. The molecule has 0 fully saturated rings. The fraction of sp³-hybridized carbons (Fsp3) is 0.318. The van der Waals surface area contributed by atoms with Gasteiger partial charge in [0.15, 0.2) is 0 Å². The molecule has 3 rings (SSSR count). The molecule has 0 saturated heterocycles. The lowest BCUT2D eigenvalue weighted by Gasteiger charge is -2.20. The van der Waals surface area contributed by atoms with Gasteiger partial charge in [0.05, 0.1) is 36.1 Å². The SMILES string of the molecule is COc1c(C)cnc(CN(C)C(=O)c2cc3ccc(C)cc3nc2C)c1C. The van der Waals surface area contributed by atoms with Crippen LogP contribution in [-0.2, 0) is 6.54 Å². The summed E-state index contributed by atoms with van der Waals surface area (Å²) in [5.41, 5.74) is 6.18. The van der Waals surface area contributed by atoms with Crippen LogP contribution < -0.4 is 4.74 Å². The van der Waals surface area contributed by atoms with Crippen LogP contribution in [0.15, 0.2) is 30.5 Å². The minimum Gasteiger partial charge on any atom is -0.496 e. The lowest BCUT2D eigenvalue weighted by Crippen LogP contribution is -2.28. The number of ether oxygens (including phenoxy) is 1. The van der Waals surface area contributed by atoms with E-state index >= 15 is 0 Å². The molecule has 2 heterocycles. The highest BCUT2D eigenvalue weighted by Crippen LogP contribution is 2.25. The second kappa shape index (κ2) is 7.35. The molecule has 0 spiro atoms. The number of hydrogen-bond donors (Lipinski definition) is 0. The van der Waals surface area contributed by atoms with E-state index in [4.69, 9.17) is 4.74 Å². The Bertz CT molecular complexity index is 1030. The van der Waals surface area contributed by atoms with Gasteiger partial charge in [-0.3, -0.25) is 14.8 Å². The number of carbonyl (C=O) groups is 1. The Morgan fingerprint density at radius 3 is 2.59 bits per heavy atom. The van der Waals surface area contributed by atoms with E-state index in [2.05, 4.69) is 9.97 Å². The number of benzene rings is 1. The van der Waals surface area contributed by atoms with Crippen LogP contribution in [0.1, 0.15) is 38.4 Å². The lowest BCUT2D eigenvalue weighted by molar-refractivity contribution is 0.0782. The molecule has 1 amide bonds. The van der Waals surface area contributed by atoms with Crippen molar-refractivity contribution in [2.45, 2.75) is 34.2 Å². The third-order valence-corrected chi connectivity index (χ3v) is 4.88.